The van der Waals surface area contributed by atoms with E-state index in [4.69, 9.17) is 0 Å². The first-order chi connectivity index (χ1) is 12.5. The van der Waals surface area contributed by atoms with Crippen molar-refractivity contribution < 1.29 is 18.5 Å². The molecular weight excluding hydrogens is 344 g/mol. The second kappa shape index (κ2) is 7.01. The highest BCUT2D eigenvalue weighted by Gasteiger charge is 2.12. The van der Waals surface area contributed by atoms with Gasteiger partial charge in [0.1, 0.15) is 5.82 Å². The summed E-state index contributed by atoms with van der Waals surface area (Å²) in [6, 6.07) is 5.23. The minimum atomic E-state index is -0.651. The third-order valence-electron chi connectivity index (χ3n) is 3.42. The molecule has 0 saturated heterocycles. The number of carbonyl (C=O) groups is 2. The van der Waals surface area contributed by atoms with Gasteiger partial charge in [-0.25, -0.2) is 9.07 Å². The molecule has 0 aliphatic carbocycles. The van der Waals surface area contributed by atoms with E-state index in [1.54, 1.807) is 0 Å². The molecule has 7 nitrogen and oxygen atoms in total. The molecule has 0 spiro atoms. The zero-order valence-corrected chi connectivity index (χ0v) is 13.3. The van der Waals surface area contributed by atoms with Gasteiger partial charge in [0.15, 0.2) is 0 Å². The zero-order valence-electron chi connectivity index (χ0n) is 13.3. The van der Waals surface area contributed by atoms with Crippen LogP contribution in [0.1, 0.15) is 10.4 Å². The predicted octanol–water partition coefficient (Wildman–Crippen LogP) is 2.92. The van der Waals surface area contributed by atoms with Crippen LogP contribution >= 0.6 is 0 Å². The second-order valence-corrected chi connectivity index (χ2v) is 5.23. The zero-order chi connectivity index (χ0) is 18.7. The minimum Gasteiger partial charge on any atom is -0.322 e. The van der Waals surface area contributed by atoms with Crippen LogP contribution in [-0.2, 0) is 4.79 Å². The van der Waals surface area contributed by atoms with Crippen molar-refractivity contribution in [3.63, 3.8) is 0 Å². The van der Waals surface area contributed by atoms with E-state index in [0.717, 1.165) is 12.1 Å². The van der Waals surface area contributed by atoms with E-state index in [2.05, 4.69) is 22.3 Å². The number of rotatable bonds is 5. The second-order valence-electron chi connectivity index (χ2n) is 5.23. The molecular formula is C17H13F2N5O2. The van der Waals surface area contributed by atoms with Crippen molar-refractivity contribution >= 4 is 23.2 Å². The fraction of sp³-hybridized carbons (Fsp3) is 0. The van der Waals surface area contributed by atoms with Gasteiger partial charge in [-0.05, 0) is 30.3 Å². The number of hydrogen-bond acceptors (Lipinski definition) is 3. The van der Waals surface area contributed by atoms with Crippen molar-refractivity contribution in [1.29, 1.82) is 0 Å². The summed E-state index contributed by atoms with van der Waals surface area (Å²) in [5.41, 5.74) is 0.853. The Labute approximate surface area is 146 Å². The topological polar surface area (TPSA) is 81.0 Å². The first-order valence-electron chi connectivity index (χ1n) is 7.40. The summed E-state index contributed by atoms with van der Waals surface area (Å²) in [7, 11) is 0. The van der Waals surface area contributed by atoms with Crippen LogP contribution in [0.25, 0.3) is 5.69 Å². The molecule has 0 aliphatic heterocycles. The molecule has 2 N–H and O–H groups in total. The summed E-state index contributed by atoms with van der Waals surface area (Å²) in [5.74, 6) is -1.72. The molecule has 0 fully saturated rings. The third kappa shape index (κ3) is 3.66. The lowest BCUT2D eigenvalue weighted by atomic mass is 10.2. The van der Waals surface area contributed by atoms with E-state index in [1.807, 2.05) is 0 Å². The summed E-state index contributed by atoms with van der Waals surface area (Å²) in [6.07, 6.45) is 6.14. The maximum absolute atomic E-state index is 13.7. The highest BCUT2D eigenvalue weighted by atomic mass is 19.2. The van der Waals surface area contributed by atoms with Gasteiger partial charge in [0.2, 0.25) is 5.91 Å². The maximum Gasteiger partial charge on any atom is 0.258 e. The molecule has 2 heterocycles. The van der Waals surface area contributed by atoms with Gasteiger partial charge in [-0.2, -0.15) is 9.89 Å². The molecule has 0 saturated carbocycles. The van der Waals surface area contributed by atoms with Crippen LogP contribution in [0.5, 0.6) is 0 Å². The molecule has 0 bridgehead atoms. The van der Waals surface area contributed by atoms with Crippen LogP contribution < -0.4 is 10.6 Å². The quantitative estimate of drug-likeness (QED) is 0.689. The van der Waals surface area contributed by atoms with Gasteiger partial charge in [-0.15, -0.1) is 0 Å². The normalized spacial score (nSPS) is 10.4. The number of carbonyl (C=O) groups excluding carboxylic acids is 2. The lowest BCUT2D eigenvalue weighted by Crippen LogP contribution is -2.13. The average Bonchev–Trinajstić information content (AvgIpc) is 3.26. The summed E-state index contributed by atoms with van der Waals surface area (Å²) in [6.45, 7) is 3.29. The van der Waals surface area contributed by atoms with E-state index in [0.29, 0.717) is 10.5 Å². The molecule has 0 aliphatic rings. The molecule has 0 unspecified atom stereocenters. The van der Waals surface area contributed by atoms with Crippen LogP contribution in [0.15, 0.2) is 61.7 Å². The SMILES string of the molecule is C=CC(=O)Nc1cc(NC(=O)c2cnn(-c3ccn(F)c3)c2)ccc1F. The van der Waals surface area contributed by atoms with Crippen molar-refractivity contribution in [2.45, 2.75) is 0 Å². The van der Waals surface area contributed by atoms with Gasteiger partial charge in [-0.1, -0.05) is 11.1 Å². The number of aromatic nitrogens is 3. The standard InChI is InChI=1S/C17H13F2N5O2/c1-2-16(25)22-15-7-12(3-4-14(15)18)21-17(26)11-8-20-24(9-11)13-5-6-23(19)10-13/h2-10H,1H2,(H,21,26)(H,22,25). The van der Waals surface area contributed by atoms with Gasteiger partial charge in [0, 0.05) is 18.1 Å². The fourth-order valence-corrected chi connectivity index (χ4v) is 2.16. The van der Waals surface area contributed by atoms with Gasteiger partial charge in [0.05, 0.1) is 29.3 Å². The monoisotopic (exact) mass is 357 g/mol. The fourth-order valence-electron chi connectivity index (χ4n) is 2.16. The Morgan fingerprint density at radius 2 is 2.00 bits per heavy atom. The highest BCUT2D eigenvalue weighted by Crippen LogP contribution is 2.20. The Balaban J connectivity index is 1.76. The maximum atomic E-state index is 13.7. The Bertz CT molecular complexity index is 993. The Kier molecular flexibility index (Phi) is 4.61. The summed E-state index contributed by atoms with van der Waals surface area (Å²) >= 11 is 0. The van der Waals surface area contributed by atoms with Crippen LogP contribution in [0.2, 0.25) is 0 Å². The van der Waals surface area contributed by atoms with Crippen LogP contribution in [0, 0.1) is 5.82 Å². The molecule has 2 amide bonds. The molecule has 2 aromatic heterocycles. The number of hydrogen-bond donors (Lipinski definition) is 2. The Morgan fingerprint density at radius 3 is 2.69 bits per heavy atom. The van der Waals surface area contributed by atoms with Gasteiger partial charge >= 0.3 is 0 Å². The molecule has 3 rings (SSSR count). The molecule has 3 aromatic rings. The van der Waals surface area contributed by atoms with Gasteiger partial charge < -0.3 is 10.6 Å². The van der Waals surface area contributed by atoms with E-state index in [1.165, 1.54) is 47.7 Å². The predicted molar refractivity (Wildman–Crippen MR) is 91.2 cm³/mol. The Morgan fingerprint density at radius 1 is 1.19 bits per heavy atom. The van der Waals surface area contributed by atoms with Crippen LogP contribution in [-0.4, -0.2) is 26.4 Å². The molecule has 0 radical (unpaired) electrons. The van der Waals surface area contributed by atoms with E-state index >= 15 is 0 Å². The van der Waals surface area contributed by atoms with Crippen molar-refractivity contribution in [3.05, 3.63) is 73.1 Å². The average molecular weight is 357 g/mol. The Hall–Kier alpha value is -3.75. The summed E-state index contributed by atoms with van der Waals surface area (Å²) in [5, 5.41) is 8.87. The van der Waals surface area contributed by atoms with Crippen molar-refractivity contribution in [3.8, 4) is 5.69 Å². The molecule has 0 atom stereocenters. The molecule has 26 heavy (non-hydrogen) atoms. The molecule has 1 aromatic carbocycles. The number of amides is 2. The number of benzene rings is 1. The largest absolute Gasteiger partial charge is 0.322 e. The lowest BCUT2D eigenvalue weighted by Gasteiger charge is -2.08. The minimum absolute atomic E-state index is 0.0901. The van der Waals surface area contributed by atoms with E-state index < -0.39 is 17.6 Å². The summed E-state index contributed by atoms with van der Waals surface area (Å²) in [4.78, 5) is 24.0. The smallest absolute Gasteiger partial charge is 0.258 e. The number of nitrogens with one attached hydrogen (secondary N) is 2. The third-order valence-corrected chi connectivity index (χ3v) is 3.42. The van der Waals surface area contributed by atoms with Crippen molar-refractivity contribution in [2.24, 2.45) is 0 Å². The summed E-state index contributed by atoms with van der Waals surface area (Å²) < 4.78 is 28.0. The van der Waals surface area contributed by atoms with Crippen LogP contribution in [0.3, 0.4) is 0 Å². The van der Waals surface area contributed by atoms with Crippen LogP contribution in [0.4, 0.5) is 20.2 Å². The number of halogens is 2. The van der Waals surface area contributed by atoms with Crippen molar-refractivity contribution in [2.75, 3.05) is 10.6 Å². The molecule has 132 valence electrons. The van der Waals surface area contributed by atoms with E-state index in [9.17, 15) is 18.5 Å². The lowest BCUT2D eigenvalue weighted by molar-refractivity contribution is -0.111. The number of anilines is 2. The van der Waals surface area contributed by atoms with Gasteiger partial charge in [0.25, 0.3) is 5.91 Å². The first-order valence-corrected chi connectivity index (χ1v) is 7.40. The highest BCUT2D eigenvalue weighted by molar-refractivity contribution is 6.04. The number of nitrogens with zero attached hydrogens (tertiary/aromatic N) is 3. The van der Waals surface area contributed by atoms with E-state index in [-0.39, 0.29) is 16.9 Å². The molecule has 9 heteroatoms. The first kappa shape index (κ1) is 17.1. The van der Waals surface area contributed by atoms with Gasteiger partial charge in [-0.3, -0.25) is 9.59 Å². The van der Waals surface area contributed by atoms with Crippen molar-refractivity contribution in [1.82, 2.24) is 14.6 Å².